The van der Waals surface area contributed by atoms with E-state index in [1.165, 1.54) is 24.1 Å². The van der Waals surface area contributed by atoms with Gasteiger partial charge in [0.05, 0.1) is 10.8 Å². The van der Waals surface area contributed by atoms with Gasteiger partial charge >= 0.3 is 0 Å². The van der Waals surface area contributed by atoms with E-state index in [-0.39, 0.29) is 28.8 Å². The molecular formula is C25H37FN4O3S2. The Kier molecular flexibility index (Phi) is 8.43. The summed E-state index contributed by atoms with van der Waals surface area (Å²) in [5.74, 6) is 0.303. The van der Waals surface area contributed by atoms with Crippen molar-refractivity contribution in [2.24, 2.45) is 16.8 Å². The van der Waals surface area contributed by atoms with Crippen molar-refractivity contribution >= 4 is 38.4 Å². The Balaban J connectivity index is 1.25. The Morgan fingerprint density at radius 2 is 1.97 bits per heavy atom. The van der Waals surface area contributed by atoms with E-state index in [1.807, 2.05) is 4.90 Å². The van der Waals surface area contributed by atoms with Gasteiger partial charge in [0.15, 0.2) is 9.84 Å². The first-order chi connectivity index (χ1) is 16.7. The minimum absolute atomic E-state index is 0.0571. The highest BCUT2D eigenvalue weighted by Crippen LogP contribution is 2.34. The zero-order valence-corrected chi connectivity index (χ0v) is 22.4. The van der Waals surface area contributed by atoms with Crippen LogP contribution in [-0.4, -0.2) is 54.8 Å². The topological polar surface area (TPSA) is 90.9 Å². The number of hydrogen-bond donors (Lipinski definition) is 2. The fourth-order valence-corrected chi connectivity index (χ4v) is 7.12. The van der Waals surface area contributed by atoms with Gasteiger partial charge in [0.2, 0.25) is 5.91 Å². The molecule has 2 N–H and O–H groups in total. The van der Waals surface area contributed by atoms with Crippen molar-refractivity contribution in [2.45, 2.75) is 88.9 Å². The fraction of sp³-hybridized carbons (Fsp3) is 0.680. The number of aliphatic imine (C=N–C) groups is 1. The average Bonchev–Trinajstić information content (AvgIpc) is 3.45. The van der Waals surface area contributed by atoms with Gasteiger partial charge in [0.1, 0.15) is 22.9 Å². The van der Waals surface area contributed by atoms with Crippen LogP contribution in [0.2, 0.25) is 0 Å². The molecule has 2 aliphatic heterocycles. The smallest absolute Gasteiger partial charge is 0.245 e. The normalized spacial score (nSPS) is 27.5. The molecule has 4 rings (SSSR count). The molecule has 1 aromatic carbocycles. The van der Waals surface area contributed by atoms with Crippen molar-refractivity contribution < 1.29 is 17.6 Å². The van der Waals surface area contributed by atoms with Crippen molar-refractivity contribution in [1.29, 1.82) is 0 Å². The quantitative estimate of drug-likeness (QED) is 0.459. The van der Waals surface area contributed by atoms with Gasteiger partial charge in [-0.2, -0.15) is 0 Å². The second-order valence-corrected chi connectivity index (χ2v) is 13.4. The summed E-state index contributed by atoms with van der Waals surface area (Å²) in [6, 6.07) is 3.86. The number of hydrogen-bond acceptors (Lipinski definition) is 7. The van der Waals surface area contributed by atoms with Crippen LogP contribution in [0.25, 0.3) is 0 Å². The van der Waals surface area contributed by atoms with Crippen LogP contribution in [0.3, 0.4) is 0 Å². The molecule has 1 aromatic rings. The number of anilines is 1. The highest BCUT2D eigenvalue weighted by molar-refractivity contribution is 8.12. The molecule has 1 amide bonds. The third-order valence-electron chi connectivity index (χ3n) is 7.46. The monoisotopic (exact) mass is 524 g/mol. The molecule has 1 saturated carbocycles. The molecule has 2 unspecified atom stereocenters. The lowest BCUT2D eigenvalue weighted by molar-refractivity contribution is -0.131. The minimum atomic E-state index is -3.62. The van der Waals surface area contributed by atoms with Crippen molar-refractivity contribution in [3.05, 3.63) is 24.0 Å². The minimum Gasteiger partial charge on any atom is -0.374 e. The van der Waals surface area contributed by atoms with Gasteiger partial charge < -0.3 is 10.2 Å². The standard InChI is InChI=1S/C25H37FN4O3S2/c1-4-35(32,33)22-11-8-18(15-20(22)26)27-21-13-14-30(25(21)31)19-9-5-17(6-10-19)7-12-23-28-24(16(2)3)29-34-23/h8,11,15-17,19,21,24,27,29H,4-7,9-10,12-14H2,1-3H3. The largest absolute Gasteiger partial charge is 0.374 e. The van der Waals surface area contributed by atoms with Gasteiger partial charge in [0, 0.05) is 18.3 Å². The first-order valence-corrected chi connectivity index (χ1v) is 15.2. The lowest BCUT2D eigenvalue weighted by atomic mass is 9.83. The highest BCUT2D eigenvalue weighted by Gasteiger charge is 2.37. The summed E-state index contributed by atoms with van der Waals surface area (Å²) < 4.78 is 41.8. The summed E-state index contributed by atoms with van der Waals surface area (Å²) in [5.41, 5.74) is 0.434. The van der Waals surface area contributed by atoms with Gasteiger partial charge in [-0.25, -0.2) is 17.5 Å². The first kappa shape index (κ1) is 26.4. The summed E-state index contributed by atoms with van der Waals surface area (Å²) in [6.45, 7) is 6.55. The number of amides is 1. The number of carbonyl (C=O) groups is 1. The SMILES string of the molecule is CCS(=O)(=O)c1ccc(NC2CCN(C3CCC(CCC4=NC(C(C)C)NS4)CC3)C2=O)cc1F. The molecule has 0 bridgehead atoms. The maximum absolute atomic E-state index is 14.4. The van der Waals surface area contributed by atoms with Crippen LogP contribution in [0.1, 0.15) is 65.7 Å². The Morgan fingerprint density at radius 3 is 2.60 bits per heavy atom. The summed E-state index contributed by atoms with van der Waals surface area (Å²) in [6.07, 6.45) is 7.37. The van der Waals surface area contributed by atoms with E-state index >= 15 is 0 Å². The van der Waals surface area contributed by atoms with E-state index in [1.54, 1.807) is 18.0 Å². The molecule has 3 aliphatic rings. The number of nitrogens with zero attached hydrogens (tertiary/aromatic N) is 2. The van der Waals surface area contributed by atoms with E-state index < -0.39 is 21.7 Å². The van der Waals surface area contributed by atoms with E-state index in [9.17, 15) is 17.6 Å². The molecule has 35 heavy (non-hydrogen) atoms. The van der Waals surface area contributed by atoms with Crippen LogP contribution in [0.4, 0.5) is 10.1 Å². The summed E-state index contributed by atoms with van der Waals surface area (Å²) in [4.78, 5) is 19.6. The molecule has 0 aromatic heterocycles. The maximum atomic E-state index is 14.4. The van der Waals surface area contributed by atoms with Gasteiger partial charge in [-0.3, -0.25) is 9.79 Å². The van der Waals surface area contributed by atoms with Crippen LogP contribution < -0.4 is 10.0 Å². The number of benzene rings is 1. The summed E-state index contributed by atoms with van der Waals surface area (Å²) in [7, 11) is -3.62. The van der Waals surface area contributed by atoms with E-state index in [2.05, 4.69) is 23.9 Å². The second-order valence-electron chi connectivity index (χ2n) is 10.2. The number of sulfone groups is 1. The van der Waals surface area contributed by atoms with Crippen LogP contribution >= 0.6 is 11.9 Å². The Morgan fingerprint density at radius 1 is 1.23 bits per heavy atom. The zero-order valence-electron chi connectivity index (χ0n) is 20.8. The summed E-state index contributed by atoms with van der Waals surface area (Å²) in [5, 5.41) is 4.34. The molecule has 1 aliphatic carbocycles. The highest BCUT2D eigenvalue weighted by atomic mass is 32.2. The fourth-order valence-electron chi connectivity index (χ4n) is 5.21. The third-order valence-corrected chi connectivity index (χ3v) is 10.1. The van der Waals surface area contributed by atoms with Gasteiger partial charge in [-0.05, 0) is 86.9 Å². The van der Waals surface area contributed by atoms with E-state index in [0.29, 0.717) is 30.5 Å². The Hall–Kier alpha value is -1.65. The summed E-state index contributed by atoms with van der Waals surface area (Å²) >= 11 is 1.68. The van der Waals surface area contributed by atoms with Crippen molar-refractivity contribution in [2.75, 3.05) is 17.6 Å². The molecule has 2 atom stereocenters. The molecule has 2 heterocycles. The van der Waals surface area contributed by atoms with Gasteiger partial charge in [0.25, 0.3) is 0 Å². The molecule has 0 spiro atoms. The zero-order chi connectivity index (χ0) is 25.2. The molecule has 7 nitrogen and oxygen atoms in total. The molecule has 10 heteroatoms. The third kappa shape index (κ3) is 6.20. The lowest BCUT2D eigenvalue weighted by Gasteiger charge is -2.35. The predicted molar refractivity (Wildman–Crippen MR) is 140 cm³/mol. The van der Waals surface area contributed by atoms with Gasteiger partial charge in [-0.15, -0.1) is 0 Å². The van der Waals surface area contributed by atoms with Crippen molar-refractivity contribution in [1.82, 2.24) is 9.62 Å². The number of nitrogens with one attached hydrogen (secondary N) is 2. The molecular weight excluding hydrogens is 487 g/mol. The average molecular weight is 525 g/mol. The van der Waals surface area contributed by atoms with Crippen molar-refractivity contribution in [3.8, 4) is 0 Å². The Bertz CT molecular complexity index is 1050. The number of halogens is 1. The van der Waals surface area contributed by atoms with E-state index in [0.717, 1.165) is 38.5 Å². The number of likely N-dealkylation sites (tertiary alicyclic amines) is 1. The van der Waals surface area contributed by atoms with Gasteiger partial charge in [-0.1, -0.05) is 20.8 Å². The van der Waals surface area contributed by atoms with E-state index in [4.69, 9.17) is 4.99 Å². The lowest BCUT2D eigenvalue weighted by Crippen LogP contribution is -2.42. The van der Waals surface area contributed by atoms with Crippen LogP contribution in [0.5, 0.6) is 0 Å². The number of carbonyl (C=O) groups excluding carboxylic acids is 1. The molecule has 194 valence electrons. The second kappa shape index (κ2) is 11.2. The molecule has 2 fully saturated rings. The molecule has 1 saturated heterocycles. The van der Waals surface area contributed by atoms with Crippen molar-refractivity contribution in [3.63, 3.8) is 0 Å². The van der Waals surface area contributed by atoms with Crippen LogP contribution in [0.15, 0.2) is 28.1 Å². The number of rotatable bonds is 9. The van der Waals surface area contributed by atoms with Crippen LogP contribution in [-0.2, 0) is 14.6 Å². The molecule has 0 radical (unpaired) electrons. The first-order valence-electron chi connectivity index (χ1n) is 12.8. The predicted octanol–water partition coefficient (Wildman–Crippen LogP) is 4.60. The Labute approximate surface area is 212 Å². The van der Waals surface area contributed by atoms with Crippen LogP contribution in [0, 0.1) is 17.7 Å². The maximum Gasteiger partial charge on any atom is 0.245 e.